The third-order valence-electron chi connectivity index (χ3n) is 7.82. The second-order valence-electron chi connectivity index (χ2n) is 12.0. The van der Waals surface area contributed by atoms with Crippen LogP contribution in [0.5, 0.6) is 0 Å². The average molecular weight is 655 g/mol. The molecule has 1 aliphatic heterocycles. The molecule has 4 heteroatoms. The Morgan fingerprint density at radius 2 is 0.604 bits per heavy atom. The number of carbonyl (C=O) groups is 2. The van der Waals surface area contributed by atoms with Gasteiger partial charge in [-0.3, -0.25) is 9.59 Å². The molecule has 0 bridgehead atoms. The van der Waals surface area contributed by atoms with Crippen molar-refractivity contribution in [2.75, 3.05) is 26.2 Å². The molecule has 0 aliphatic carbocycles. The molecule has 1 heterocycles. The van der Waals surface area contributed by atoms with Gasteiger partial charge < -0.3 is 9.80 Å². The van der Waals surface area contributed by atoms with Crippen molar-refractivity contribution in [3.63, 3.8) is 0 Å². The van der Waals surface area contributed by atoms with Gasteiger partial charge in [-0.15, -0.1) is 0 Å². The van der Waals surface area contributed by atoms with Gasteiger partial charge in [0.2, 0.25) is 11.8 Å². The summed E-state index contributed by atoms with van der Waals surface area (Å²) in [5.74, 6) is 0.431. The Morgan fingerprint density at radius 1 is 0.375 bits per heavy atom. The van der Waals surface area contributed by atoms with Gasteiger partial charge in [-0.05, 0) is 89.9 Å². The minimum atomic E-state index is 0.216. The van der Waals surface area contributed by atoms with Crippen LogP contribution in [0, 0.1) is 0 Å². The van der Waals surface area contributed by atoms with Crippen LogP contribution < -0.4 is 0 Å². The molecule has 0 aromatic rings. The zero-order valence-electron chi connectivity index (χ0n) is 30.4. The topological polar surface area (TPSA) is 40.6 Å². The SMILES string of the molecule is CC/C=C\C/C=C\C/C=C\C/C=C\C/C=C\CCCC(=O)N1CCN(C(=O)CCC/C=C\C/C=C\C/C=C\C/C=C\C/C=C\CC)CC1. The number of allylic oxidation sites excluding steroid dienone is 20. The molecule has 0 atom stereocenters. The van der Waals surface area contributed by atoms with E-state index in [-0.39, 0.29) is 11.8 Å². The lowest BCUT2D eigenvalue weighted by Crippen LogP contribution is -2.50. The monoisotopic (exact) mass is 655 g/mol. The fourth-order valence-electron chi connectivity index (χ4n) is 5.00. The fourth-order valence-corrected chi connectivity index (χ4v) is 5.00. The Morgan fingerprint density at radius 3 is 0.854 bits per heavy atom. The molecule has 1 fully saturated rings. The summed E-state index contributed by atoms with van der Waals surface area (Å²) in [6.45, 7) is 6.92. The minimum Gasteiger partial charge on any atom is -0.339 e. The van der Waals surface area contributed by atoms with Crippen LogP contribution >= 0.6 is 0 Å². The van der Waals surface area contributed by atoms with E-state index >= 15 is 0 Å². The largest absolute Gasteiger partial charge is 0.339 e. The van der Waals surface area contributed by atoms with Gasteiger partial charge in [-0.25, -0.2) is 0 Å². The third-order valence-corrected chi connectivity index (χ3v) is 7.82. The first kappa shape index (κ1) is 42.4. The van der Waals surface area contributed by atoms with Gasteiger partial charge in [0, 0.05) is 39.0 Å². The van der Waals surface area contributed by atoms with Gasteiger partial charge >= 0.3 is 0 Å². The van der Waals surface area contributed by atoms with Gasteiger partial charge in [0.15, 0.2) is 0 Å². The molecule has 1 saturated heterocycles. The lowest BCUT2D eigenvalue weighted by atomic mass is 10.1. The first-order chi connectivity index (χ1) is 23.7. The predicted molar refractivity (Wildman–Crippen MR) is 210 cm³/mol. The summed E-state index contributed by atoms with van der Waals surface area (Å²) in [5, 5.41) is 0. The van der Waals surface area contributed by atoms with Crippen LogP contribution in [0.2, 0.25) is 0 Å². The summed E-state index contributed by atoms with van der Waals surface area (Å²) in [4.78, 5) is 29.1. The average Bonchev–Trinajstić information content (AvgIpc) is 3.10. The van der Waals surface area contributed by atoms with Crippen molar-refractivity contribution in [2.24, 2.45) is 0 Å². The van der Waals surface area contributed by atoms with Crippen molar-refractivity contribution in [1.82, 2.24) is 9.80 Å². The fraction of sp³-hybridized carbons (Fsp3) is 0.500. The van der Waals surface area contributed by atoms with Crippen molar-refractivity contribution >= 4 is 11.8 Å². The standard InChI is InChI=1S/C44H66N2O2/c1-3-5-7-9-11-13-15-17-19-21-23-25-27-29-31-33-35-37-43(47)45-39-41-46(42-40-45)44(48)38-36-34-32-30-28-26-24-22-20-18-16-14-12-10-8-6-4-2/h5-8,11-14,17-20,23-26,29-32H,3-4,9-10,15-16,21-22,27-28,33-42H2,1-2H3/b7-5-,8-6-,13-11-,14-12-,19-17-,20-18-,25-23-,26-24-,31-29-,32-30-. The van der Waals surface area contributed by atoms with Crippen LogP contribution in [0.25, 0.3) is 0 Å². The van der Waals surface area contributed by atoms with Gasteiger partial charge in [0.1, 0.15) is 0 Å². The Kier molecular flexibility index (Phi) is 29.3. The van der Waals surface area contributed by atoms with Crippen molar-refractivity contribution in [3.8, 4) is 0 Å². The molecule has 1 aliphatic rings. The molecule has 0 aromatic heterocycles. The Bertz CT molecular complexity index is 1020. The van der Waals surface area contributed by atoms with Crippen molar-refractivity contribution in [2.45, 2.75) is 117 Å². The maximum atomic E-state index is 12.6. The smallest absolute Gasteiger partial charge is 0.222 e. The van der Waals surface area contributed by atoms with Crippen molar-refractivity contribution in [3.05, 3.63) is 122 Å². The molecule has 0 radical (unpaired) electrons. The van der Waals surface area contributed by atoms with E-state index in [1.807, 2.05) is 9.80 Å². The molecule has 0 spiro atoms. The number of hydrogen-bond donors (Lipinski definition) is 0. The zero-order chi connectivity index (χ0) is 34.6. The van der Waals surface area contributed by atoms with Gasteiger partial charge in [0.05, 0.1) is 0 Å². The number of piperazine rings is 1. The predicted octanol–water partition coefficient (Wildman–Crippen LogP) is 11.5. The quantitative estimate of drug-likeness (QED) is 0.0688. The molecule has 264 valence electrons. The second-order valence-corrected chi connectivity index (χ2v) is 12.0. The Hall–Kier alpha value is -3.66. The highest BCUT2D eigenvalue weighted by molar-refractivity contribution is 5.78. The van der Waals surface area contributed by atoms with E-state index in [9.17, 15) is 9.59 Å². The number of nitrogens with zero attached hydrogens (tertiary/aromatic N) is 2. The normalized spacial score (nSPS) is 15.1. The highest BCUT2D eigenvalue weighted by Gasteiger charge is 2.23. The van der Waals surface area contributed by atoms with E-state index in [0.29, 0.717) is 39.0 Å². The molecule has 48 heavy (non-hydrogen) atoms. The summed E-state index contributed by atoms with van der Waals surface area (Å²) < 4.78 is 0. The summed E-state index contributed by atoms with van der Waals surface area (Å²) in [5.41, 5.74) is 0. The first-order valence-electron chi connectivity index (χ1n) is 18.7. The summed E-state index contributed by atoms with van der Waals surface area (Å²) in [6.07, 6.45) is 58.8. The molecule has 0 N–H and O–H groups in total. The molecule has 0 aromatic carbocycles. The van der Waals surface area contributed by atoms with Gasteiger partial charge in [-0.2, -0.15) is 0 Å². The third kappa shape index (κ3) is 26.4. The summed E-state index contributed by atoms with van der Waals surface area (Å²) in [6, 6.07) is 0. The van der Waals surface area contributed by atoms with E-state index in [0.717, 1.165) is 89.9 Å². The summed E-state index contributed by atoms with van der Waals surface area (Å²) >= 11 is 0. The maximum absolute atomic E-state index is 12.6. The number of rotatable bonds is 26. The Labute approximate surface area is 294 Å². The van der Waals surface area contributed by atoms with Crippen molar-refractivity contribution < 1.29 is 9.59 Å². The highest BCUT2D eigenvalue weighted by Crippen LogP contribution is 2.10. The van der Waals surface area contributed by atoms with E-state index < -0.39 is 0 Å². The van der Waals surface area contributed by atoms with Crippen LogP contribution in [0.1, 0.15) is 117 Å². The number of hydrogen-bond acceptors (Lipinski definition) is 2. The van der Waals surface area contributed by atoms with E-state index in [1.165, 1.54) is 0 Å². The highest BCUT2D eigenvalue weighted by atomic mass is 16.2. The maximum Gasteiger partial charge on any atom is 0.222 e. The van der Waals surface area contributed by atoms with Crippen LogP contribution in [-0.4, -0.2) is 47.8 Å². The zero-order valence-corrected chi connectivity index (χ0v) is 30.4. The van der Waals surface area contributed by atoms with Crippen LogP contribution in [0.3, 0.4) is 0 Å². The van der Waals surface area contributed by atoms with E-state index in [4.69, 9.17) is 0 Å². The molecule has 1 rings (SSSR count). The summed E-state index contributed by atoms with van der Waals surface area (Å²) in [7, 11) is 0. The van der Waals surface area contributed by atoms with Crippen LogP contribution in [-0.2, 0) is 9.59 Å². The molecule has 2 amide bonds. The number of amides is 2. The second kappa shape index (κ2) is 33.2. The molecular weight excluding hydrogens is 588 g/mol. The lowest BCUT2D eigenvalue weighted by Gasteiger charge is -2.35. The van der Waals surface area contributed by atoms with Gasteiger partial charge in [0.25, 0.3) is 0 Å². The Balaban J connectivity index is 2.03. The molecule has 0 unspecified atom stereocenters. The lowest BCUT2D eigenvalue weighted by molar-refractivity contribution is -0.139. The van der Waals surface area contributed by atoms with E-state index in [1.54, 1.807) is 0 Å². The van der Waals surface area contributed by atoms with E-state index in [2.05, 4.69) is 135 Å². The first-order valence-corrected chi connectivity index (χ1v) is 18.7. The van der Waals surface area contributed by atoms with Crippen LogP contribution in [0.4, 0.5) is 0 Å². The van der Waals surface area contributed by atoms with Gasteiger partial charge in [-0.1, -0.05) is 135 Å². The number of carbonyl (C=O) groups excluding carboxylic acids is 2. The minimum absolute atomic E-state index is 0.216. The number of unbranched alkanes of at least 4 members (excludes halogenated alkanes) is 2. The molecule has 0 saturated carbocycles. The van der Waals surface area contributed by atoms with Crippen LogP contribution in [0.15, 0.2) is 122 Å². The molecular formula is C44H66N2O2. The van der Waals surface area contributed by atoms with Crippen molar-refractivity contribution in [1.29, 1.82) is 0 Å². The molecule has 4 nitrogen and oxygen atoms in total.